The topological polar surface area (TPSA) is 87.2 Å². The highest BCUT2D eigenvalue weighted by atomic mass is 32.1. The first-order valence-corrected chi connectivity index (χ1v) is 13.2. The van der Waals surface area contributed by atoms with Crippen LogP contribution in [0.2, 0.25) is 0 Å². The number of ether oxygens (including phenoxy) is 1. The number of hydrogen-bond donors (Lipinski definition) is 0. The molecule has 0 saturated carbocycles. The Bertz CT molecular complexity index is 1790. The van der Waals surface area contributed by atoms with Crippen LogP contribution in [0.1, 0.15) is 25.3 Å². The third kappa shape index (κ3) is 4.71. The summed E-state index contributed by atoms with van der Waals surface area (Å²) < 4.78 is 9.55. The third-order valence-electron chi connectivity index (χ3n) is 6.06. The van der Waals surface area contributed by atoms with Gasteiger partial charge in [0.1, 0.15) is 11.4 Å². The Morgan fingerprint density at radius 3 is 2.47 bits per heavy atom. The Labute approximate surface area is 222 Å². The fraction of sp³-hybridized carbons (Fsp3) is 0.138. The number of fused-ring (bicyclic) bond motifs is 1. The van der Waals surface area contributed by atoms with Crippen LogP contribution in [0.25, 0.3) is 39.4 Å². The van der Waals surface area contributed by atoms with Crippen molar-refractivity contribution in [2.75, 3.05) is 6.61 Å². The lowest BCUT2D eigenvalue weighted by Crippen LogP contribution is -2.23. The van der Waals surface area contributed by atoms with Gasteiger partial charge in [-0.2, -0.15) is 14.6 Å². The van der Waals surface area contributed by atoms with Gasteiger partial charge in [0.2, 0.25) is 4.96 Å². The molecular formula is C29H24N6O2S. The summed E-state index contributed by atoms with van der Waals surface area (Å²) in [6.07, 6.45) is 9.26. The van der Waals surface area contributed by atoms with Crippen molar-refractivity contribution in [2.45, 2.75) is 19.8 Å². The van der Waals surface area contributed by atoms with Gasteiger partial charge in [-0.05, 0) is 61.0 Å². The smallest absolute Gasteiger partial charge is 0.291 e. The van der Waals surface area contributed by atoms with Gasteiger partial charge in [0.25, 0.3) is 5.56 Å². The van der Waals surface area contributed by atoms with Gasteiger partial charge < -0.3 is 4.74 Å². The third-order valence-corrected chi connectivity index (χ3v) is 7.02. The van der Waals surface area contributed by atoms with E-state index >= 15 is 0 Å². The number of pyridine rings is 1. The first kappa shape index (κ1) is 23.7. The zero-order valence-electron chi connectivity index (χ0n) is 20.7. The molecule has 4 aromatic heterocycles. The number of unbranched alkanes of at least 4 members (excludes halogenated alkanes) is 1. The predicted molar refractivity (Wildman–Crippen MR) is 149 cm³/mol. The van der Waals surface area contributed by atoms with E-state index in [4.69, 9.17) is 9.84 Å². The Balaban J connectivity index is 1.41. The molecule has 0 aliphatic rings. The zero-order chi connectivity index (χ0) is 25.9. The summed E-state index contributed by atoms with van der Waals surface area (Å²) in [6, 6.07) is 21.5. The summed E-state index contributed by atoms with van der Waals surface area (Å²) in [5, 5.41) is 9.32. The van der Waals surface area contributed by atoms with Crippen molar-refractivity contribution >= 4 is 22.4 Å². The van der Waals surface area contributed by atoms with E-state index in [1.165, 1.54) is 15.9 Å². The molecule has 0 bridgehead atoms. The quantitative estimate of drug-likeness (QED) is 0.268. The first-order chi connectivity index (χ1) is 18.7. The van der Waals surface area contributed by atoms with Gasteiger partial charge in [0.15, 0.2) is 5.82 Å². The van der Waals surface area contributed by atoms with Crippen LogP contribution in [0.4, 0.5) is 0 Å². The van der Waals surface area contributed by atoms with E-state index in [1.54, 1.807) is 12.4 Å². The average molecular weight is 521 g/mol. The summed E-state index contributed by atoms with van der Waals surface area (Å²) >= 11 is 1.31. The van der Waals surface area contributed by atoms with Crippen molar-refractivity contribution in [3.8, 4) is 34.1 Å². The first-order valence-electron chi connectivity index (χ1n) is 12.4. The number of nitrogens with zero attached hydrogens (tertiary/aromatic N) is 6. The van der Waals surface area contributed by atoms with Crippen LogP contribution >= 0.6 is 11.3 Å². The number of benzene rings is 2. The Kier molecular flexibility index (Phi) is 6.49. The zero-order valence-corrected chi connectivity index (χ0v) is 21.5. The van der Waals surface area contributed by atoms with Gasteiger partial charge in [-0.25, -0.2) is 4.68 Å². The van der Waals surface area contributed by atoms with Gasteiger partial charge in [0, 0.05) is 35.3 Å². The fourth-order valence-corrected chi connectivity index (χ4v) is 4.97. The van der Waals surface area contributed by atoms with Gasteiger partial charge >= 0.3 is 0 Å². The SMILES string of the molecule is CCCCOc1ccc(-c2nn(-c3ccccc3)cc2C=c2sc3nc(-c4ccncc4)nn3c2=O)cc1. The Morgan fingerprint density at radius 2 is 1.74 bits per heavy atom. The van der Waals surface area contributed by atoms with E-state index in [0.717, 1.165) is 46.7 Å². The lowest BCUT2D eigenvalue weighted by Gasteiger charge is -2.06. The number of thiazole rings is 1. The molecule has 0 saturated heterocycles. The Hall–Kier alpha value is -4.63. The molecule has 0 fully saturated rings. The highest BCUT2D eigenvalue weighted by molar-refractivity contribution is 7.15. The number of rotatable bonds is 8. The number of hydrogen-bond acceptors (Lipinski definition) is 7. The lowest BCUT2D eigenvalue weighted by molar-refractivity contribution is 0.309. The van der Waals surface area contributed by atoms with Crippen LogP contribution in [0.3, 0.4) is 0 Å². The normalized spacial score (nSPS) is 11.9. The molecule has 0 unspecified atom stereocenters. The lowest BCUT2D eigenvalue weighted by atomic mass is 10.1. The second kappa shape index (κ2) is 10.4. The molecule has 0 N–H and O–H groups in total. The predicted octanol–water partition coefficient (Wildman–Crippen LogP) is 4.79. The average Bonchev–Trinajstić information content (AvgIpc) is 3.65. The molecule has 0 aliphatic heterocycles. The molecule has 0 spiro atoms. The van der Waals surface area contributed by atoms with Gasteiger partial charge in [0.05, 0.1) is 16.8 Å². The summed E-state index contributed by atoms with van der Waals surface area (Å²) in [5.41, 5.74) is 4.06. The Morgan fingerprint density at radius 1 is 0.947 bits per heavy atom. The van der Waals surface area contributed by atoms with Crippen molar-refractivity contribution in [3.63, 3.8) is 0 Å². The summed E-state index contributed by atoms with van der Waals surface area (Å²) in [7, 11) is 0. The summed E-state index contributed by atoms with van der Waals surface area (Å²) in [5.74, 6) is 1.33. The molecule has 2 aromatic carbocycles. The monoisotopic (exact) mass is 520 g/mol. The van der Waals surface area contributed by atoms with Crippen LogP contribution < -0.4 is 14.8 Å². The molecule has 38 heavy (non-hydrogen) atoms. The van der Waals surface area contributed by atoms with Crippen LogP contribution in [0.15, 0.2) is 90.1 Å². The largest absolute Gasteiger partial charge is 0.494 e. The van der Waals surface area contributed by atoms with Gasteiger partial charge in [-0.15, -0.1) is 5.10 Å². The molecule has 4 heterocycles. The molecule has 188 valence electrons. The highest BCUT2D eigenvalue weighted by Gasteiger charge is 2.15. The van der Waals surface area contributed by atoms with Gasteiger partial charge in [-0.1, -0.05) is 42.9 Å². The molecule has 0 amide bonds. The molecule has 6 aromatic rings. The van der Waals surface area contributed by atoms with Crippen molar-refractivity contribution in [1.82, 2.24) is 29.4 Å². The van der Waals surface area contributed by atoms with E-state index in [0.29, 0.717) is 21.9 Å². The van der Waals surface area contributed by atoms with Crippen LogP contribution in [0, 0.1) is 0 Å². The molecule has 0 aliphatic carbocycles. The maximum absolute atomic E-state index is 13.3. The van der Waals surface area contributed by atoms with E-state index in [9.17, 15) is 4.79 Å². The fourth-order valence-electron chi connectivity index (χ4n) is 4.07. The summed E-state index contributed by atoms with van der Waals surface area (Å²) in [4.78, 5) is 22.4. The number of para-hydroxylation sites is 1. The van der Waals surface area contributed by atoms with E-state index in [1.807, 2.05) is 83.7 Å². The molecule has 9 heteroatoms. The number of aromatic nitrogens is 6. The van der Waals surface area contributed by atoms with Crippen molar-refractivity contribution in [3.05, 3.63) is 106 Å². The molecule has 0 atom stereocenters. The molecular weight excluding hydrogens is 496 g/mol. The van der Waals surface area contributed by atoms with Crippen molar-refractivity contribution < 1.29 is 4.74 Å². The van der Waals surface area contributed by atoms with Crippen LogP contribution in [-0.2, 0) is 0 Å². The second-order valence-electron chi connectivity index (χ2n) is 8.72. The maximum atomic E-state index is 13.3. The van der Waals surface area contributed by atoms with Crippen molar-refractivity contribution in [2.24, 2.45) is 0 Å². The van der Waals surface area contributed by atoms with Gasteiger partial charge in [-0.3, -0.25) is 9.78 Å². The molecule has 0 radical (unpaired) electrons. The second-order valence-corrected chi connectivity index (χ2v) is 9.73. The van der Waals surface area contributed by atoms with E-state index in [-0.39, 0.29) is 5.56 Å². The van der Waals surface area contributed by atoms with E-state index < -0.39 is 0 Å². The minimum absolute atomic E-state index is 0.212. The van der Waals surface area contributed by atoms with Crippen molar-refractivity contribution in [1.29, 1.82) is 0 Å². The maximum Gasteiger partial charge on any atom is 0.291 e. The minimum atomic E-state index is -0.212. The van der Waals surface area contributed by atoms with Crippen LogP contribution in [-0.4, -0.2) is 36.0 Å². The van der Waals surface area contributed by atoms with E-state index in [2.05, 4.69) is 22.0 Å². The van der Waals surface area contributed by atoms with Crippen LogP contribution in [0.5, 0.6) is 5.75 Å². The summed E-state index contributed by atoms with van der Waals surface area (Å²) in [6.45, 7) is 2.84. The molecule has 6 rings (SSSR count). The standard InChI is InChI=1S/C29H24N6O2S/c1-2-3-17-37-24-11-9-20(10-12-24)26-22(19-34(32-26)23-7-5-4-6-8-23)18-25-28(36)35-29(38-25)31-27(33-35)21-13-15-30-16-14-21/h4-16,18-19H,2-3,17H2,1H3. The molecule has 8 nitrogen and oxygen atoms in total. The highest BCUT2D eigenvalue weighted by Crippen LogP contribution is 2.27. The minimum Gasteiger partial charge on any atom is -0.494 e.